The zero-order valence-corrected chi connectivity index (χ0v) is 22.9. The molecule has 0 atom stereocenters. The lowest BCUT2D eigenvalue weighted by Gasteiger charge is -2.34. The second kappa shape index (κ2) is 16.6. The monoisotopic (exact) mass is 573 g/mol. The fraction of sp³-hybridized carbons (Fsp3) is 0.720. The predicted octanol–water partition coefficient (Wildman–Crippen LogP) is 2.94. The van der Waals surface area contributed by atoms with Crippen LogP contribution in [0.3, 0.4) is 0 Å². The summed E-state index contributed by atoms with van der Waals surface area (Å²) in [5.74, 6) is 1.52. The van der Waals surface area contributed by atoms with Crippen LogP contribution in [-0.4, -0.2) is 88.5 Å². The molecule has 3 rings (SSSR count). The van der Waals surface area contributed by atoms with Gasteiger partial charge in [-0.25, -0.2) is 0 Å². The SMILES string of the molecule is CCN1CCN(Cc2ccccc2CNC(=NC)NCCCOCC2CCOCC2)CC1.I. The maximum atomic E-state index is 5.86. The van der Waals surface area contributed by atoms with Crippen molar-refractivity contribution in [2.45, 2.75) is 39.3 Å². The Bertz CT molecular complexity index is 677. The highest BCUT2D eigenvalue weighted by atomic mass is 127. The van der Waals surface area contributed by atoms with Gasteiger partial charge in [-0.2, -0.15) is 0 Å². The van der Waals surface area contributed by atoms with Gasteiger partial charge in [0, 0.05) is 79.3 Å². The number of guanidine groups is 1. The van der Waals surface area contributed by atoms with Crippen molar-refractivity contribution in [3.8, 4) is 0 Å². The van der Waals surface area contributed by atoms with Crippen LogP contribution in [0.15, 0.2) is 29.3 Å². The third kappa shape index (κ3) is 10.5. The number of ether oxygens (including phenoxy) is 2. The van der Waals surface area contributed by atoms with Gasteiger partial charge in [0.15, 0.2) is 5.96 Å². The van der Waals surface area contributed by atoms with Crippen LogP contribution in [0.5, 0.6) is 0 Å². The molecule has 0 spiro atoms. The van der Waals surface area contributed by atoms with E-state index in [-0.39, 0.29) is 24.0 Å². The topological polar surface area (TPSA) is 61.4 Å². The summed E-state index contributed by atoms with van der Waals surface area (Å²) in [4.78, 5) is 9.47. The first kappa shape index (κ1) is 28.3. The van der Waals surface area contributed by atoms with E-state index < -0.39 is 0 Å². The highest BCUT2D eigenvalue weighted by Gasteiger charge is 2.17. The third-order valence-electron chi connectivity index (χ3n) is 6.55. The highest BCUT2D eigenvalue weighted by Crippen LogP contribution is 2.15. The molecule has 2 fully saturated rings. The third-order valence-corrected chi connectivity index (χ3v) is 6.55. The zero-order chi connectivity index (χ0) is 22.4. The van der Waals surface area contributed by atoms with Crippen molar-refractivity contribution in [2.75, 3.05) is 72.7 Å². The Balaban J connectivity index is 0.00000385. The molecule has 1 aromatic rings. The molecule has 0 bridgehead atoms. The molecule has 0 aliphatic carbocycles. The van der Waals surface area contributed by atoms with Gasteiger partial charge in [0.2, 0.25) is 0 Å². The molecule has 2 aliphatic rings. The van der Waals surface area contributed by atoms with Crippen LogP contribution in [-0.2, 0) is 22.6 Å². The first-order valence-electron chi connectivity index (χ1n) is 12.4. The molecule has 0 aromatic heterocycles. The predicted molar refractivity (Wildman–Crippen MR) is 146 cm³/mol. The number of hydrogen-bond donors (Lipinski definition) is 2. The van der Waals surface area contributed by atoms with Crippen LogP contribution in [0.4, 0.5) is 0 Å². The Morgan fingerprint density at radius 1 is 1.06 bits per heavy atom. The van der Waals surface area contributed by atoms with Gasteiger partial charge >= 0.3 is 0 Å². The van der Waals surface area contributed by atoms with Crippen LogP contribution >= 0.6 is 24.0 Å². The lowest BCUT2D eigenvalue weighted by atomic mass is 10.0. The molecular formula is C25H44IN5O2. The standard InChI is InChI=1S/C25H43N5O2.HI/c1-3-29-12-14-30(15-13-29)20-24-8-5-4-7-23(24)19-28-25(26-2)27-11-6-16-32-21-22-9-17-31-18-10-22;/h4-5,7-8,22H,3,6,9-21H2,1-2H3,(H2,26,27,28);1H. The van der Waals surface area contributed by atoms with Gasteiger partial charge in [0.25, 0.3) is 0 Å². The average Bonchev–Trinajstić information content (AvgIpc) is 2.85. The normalized spacial score (nSPS) is 18.7. The Morgan fingerprint density at radius 3 is 2.45 bits per heavy atom. The maximum absolute atomic E-state index is 5.86. The van der Waals surface area contributed by atoms with Gasteiger partial charge in [0.1, 0.15) is 0 Å². The van der Waals surface area contributed by atoms with Crippen LogP contribution < -0.4 is 10.6 Å². The van der Waals surface area contributed by atoms with E-state index in [4.69, 9.17) is 9.47 Å². The molecule has 2 aliphatic heterocycles. The fourth-order valence-corrected chi connectivity index (χ4v) is 4.33. The second-order valence-electron chi connectivity index (χ2n) is 8.82. The molecule has 8 heteroatoms. The van der Waals surface area contributed by atoms with Crippen molar-refractivity contribution in [3.63, 3.8) is 0 Å². The first-order valence-corrected chi connectivity index (χ1v) is 12.4. The van der Waals surface area contributed by atoms with Crippen molar-refractivity contribution in [3.05, 3.63) is 35.4 Å². The molecule has 2 N–H and O–H groups in total. The number of benzene rings is 1. The van der Waals surface area contributed by atoms with Gasteiger partial charge in [-0.1, -0.05) is 31.2 Å². The lowest BCUT2D eigenvalue weighted by molar-refractivity contribution is 0.0203. The smallest absolute Gasteiger partial charge is 0.191 e. The summed E-state index contributed by atoms with van der Waals surface area (Å²) < 4.78 is 11.3. The summed E-state index contributed by atoms with van der Waals surface area (Å²) in [6, 6.07) is 8.76. The second-order valence-corrected chi connectivity index (χ2v) is 8.82. The summed E-state index contributed by atoms with van der Waals surface area (Å²) in [6.45, 7) is 14.1. The van der Waals surface area contributed by atoms with E-state index in [2.05, 4.69) is 56.6 Å². The molecule has 0 saturated carbocycles. The van der Waals surface area contributed by atoms with Crippen molar-refractivity contribution in [1.82, 2.24) is 20.4 Å². The summed E-state index contributed by atoms with van der Waals surface area (Å²) in [5.41, 5.74) is 2.75. The van der Waals surface area contributed by atoms with Crippen LogP contribution in [0.25, 0.3) is 0 Å². The number of likely N-dealkylation sites (N-methyl/N-ethyl adjacent to an activating group) is 1. The van der Waals surface area contributed by atoms with E-state index in [1.807, 2.05) is 7.05 Å². The highest BCUT2D eigenvalue weighted by molar-refractivity contribution is 14.0. The van der Waals surface area contributed by atoms with Gasteiger partial charge in [-0.3, -0.25) is 9.89 Å². The molecule has 2 saturated heterocycles. The number of piperazine rings is 1. The summed E-state index contributed by atoms with van der Waals surface area (Å²) >= 11 is 0. The summed E-state index contributed by atoms with van der Waals surface area (Å²) in [7, 11) is 1.83. The molecule has 0 amide bonds. The number of hydrogen-bond acceptors (Lipinski definition) is 5. The molecule has 188 valence electrons. The number of halogens is 1. The molecule has 0 radical (unpaired) electrons. The maximum Gasteiger partial charge on any atom is 0.191 e. The van der Waals surface area contributed by atoms with E-state index >= 15 is 0 Å². The zero-order valence-electron chi connectivity index (χ0n) is 20.6. The Labute approximate surface area is 217 Å². The van der Waals surface area contributed by atoms with Crippen molar-refractivity contribution >= 4 is 29.9 Å². The van der Waals surface area contributed by atoms with E-state index in [0.29, 0.717) is 5.92 Å². The van der Waals surface area contributed by atoms with Crippen LogP contribution in [0.1, 0.15) is 37.3 Å². The fourth-order valence-electron chi connectivity index (χ4n) is 4.33. The van der Waals surface area contributed by atoms with Gasteiger partial charge in [0.05, 0.1) is 0 Å². The molecule has 33 heavy (non-hydrogen) atoms. The van der Waals surface area contributed by atoms with Crippen LogP contribution in [0, 0.1) is 5.92 Å². The van der Waals surface area contributed by atoms with Crippen molar-refractivity contribution in [1.29, 1.82) is 0 Å². The largest absolute Gasteiger partial charge is 0.381 e. The van der Waals surface area contributed by atoms with Gasteiger partial charge in [-0.05, 0) is 42.9 Å². The molecule has 7 nitrogen and oxygen atoms in total. The van der Waals surface area contributed by atoms with E-state index in [9.17, 15) is 0 Å². The Kier molecular flexibility index (Phi) is 14.3. The Morgan fingerprint density at radius 2 is 1.76 bits per heavy atom. The number of rotatable bonds is 11. The van der Waals surface area contributed by atoms with E-state index in [0.717, 1.165) is 90.9 Å². The number of nitrogens with one attached hydrogen (secondary N) is 2. The molecule has 0 unspecified atom stereocenters. The summed E-state index contributed by atoms with van der Waals surface area (Å²) in [6.07, 6.45) is 3.24. The van der Waals surface area contributed by atoms with Gasteiger partial charge < -0.3 is 25.0 Å². The number of aliphatic imine (C=N–C) groups is 1. The lowest BCUT2D eigenvalue weighted by Crippen LogP contribution is -2.45. The van der Waals surface area contributed by atoms with E-state index in [1.54, 1.807) is 0 Å². The summed E-state index contributed by atoms with van der Waals surface area (Å²) in [5, 5.41) is 6.89. The Hall–Kier alpha value is -0.940. The minimum atomic E-state index is 0. The van der Waals surface area contributed by atoms with E-state index in [1.165, 1.54) is 24.2 Å². The number of nitrogens with zero attached hydrogens (tertiary/aromatic N) is 3. The van der Waals surface area contributed by atoms with Crippen molar-refractivity contribution < 1.29 is 9.47 Å². The van der Waals surface area contributed by atoms with Crippen molar-refractivity contribution in [2.24, 2.45) is 10.9 Å². The minimum absolute atomic E-state index is 0. The molecular weight excluding hydrogens is 529 g/mol. The van der Waals surface area contributed by atoms with Gasteiger partial charge in [-0.15, -0.1) is 24.0 Å². The quantitative estimate of drug-likeness (QED) is 0.184. The first-order chi connectivity index (χ1) is 15.8. The average molecular weight is 574 g/mol. The minimum Gasteiger partial charge on any atom is -0.381 e. The van der Waals surface area contributed by atoms with Crippen LogP contribution in [0.2, 0.25) is 0 Å². The molecule has 2 heterocycles. The molecule has 1 aromatic carbocycles.